The molecule has 3 heterocycles. The van der Waals surface area contributed by atoms with Gasteiger partial charge in [-0.05, 0) is 61.6 Å². The Morgan fingerprint density at radius 1 is 0.971 bits per heavy atom. The third-order valence-electron chi connectivity index (χ3n) is 6.52. The minimum absolute atomic E-state index is 0.185. The molecule has 35 heavy (non-hydrogen) atoms. The van der Waals surface area contributed by atoms with Gasteiger partial charge in [0.25, 0.3) is 11.8 Å². The van der Waals surface area contributed by atoms with Crippen LogP contribution in [0.3, 0.4) is 0 Å². The summed E-state index contributed by atoms with van der Waals surface area (Å²) in [6.07, 6.45) is 4.94. The quantitative estimate of drug-likeness (QED) is 0.381. The monoisotopic (exact) mass is 485 g/mol. The number of primary amides is 1. The van der Waals surface area contributed by atoms with Gasteiger partial charge in [0.1, 0.15) is 5.00 Å². The summed E-state index contributed by atoms with van der Waals surface area (Å²) >= 11 is 1.47. The number of amides is 2. The Labute approximate surface area is 205 Å². The van der Waals surface area contributed by atoms with Crippen molar-refractivity contribution < 1.29 is 19.1 Å². The highest BCUT2D eigenvalue weighted by Gasteiger charge is 2.25. The number of aryl methyl sites for hydroxylation is 1. The van der Waals surface area contributed by atoms with Gasteiger partial charge in [-0.3, -0.25) is 9.59 Å². The normalized spacial score (nSPS) is 14.4. The Morgan fingerprint density at radius 2 is 1.80 bits per heavy atom. The lowest BCUT2D eigenvalue weighted by Crippen LogP contribution is -2.18. The third kappa shape index (κ3) is 3.89. The summed E-state index contributed by atoms with van der Waals surface area (Å²) in [7, 11) is 0. The summed E-state index contributed by atoms with van der Waals surface area (Å²) in [5.74, 6) is 0.531. The lowest BCUT2D eigenvalue weighted by Gasteiger charge is -2.11. The summed E-state index contributed by atoms with van der Waals surface area (Å²) in [6.45, 7) is 0.185. The molecule has 0 unspecified atom stereocenters. The Kier molecular flexibility index (Phi) is 5.37. The Morgan fingerprint density at radius 3 is 2.69 bits per heavy atom. The molecule has 1 aliphatic heterocycles. The topological polar surface area (TPSA) is 104 Å². The standard InChI is InChI=1S/C27H23N3O4S/c28-25(31)24-17-7-2-1-3-9-23(17)35-27(24)30-26(32)18-13-20(29-19-8-5-4-6-16(18)19)15-10-11-21-22(12-15)34-14-33-21/h4-6,8,10-13H,1-3,7,9,14H2,(H2,28,31)(H,30,32). The van der Waals surface area contributed by atoms with Gasteiger partial charge in [-0.2, -0.15) is 0 Å². The highest BCUT2D eigenvalue weighted by atomic mass is 32.1. The van der Waals surface area contributed by atoms with Crippen LogP contribution in [0.15, 0.2) is 48.5 Å². The zero-order valence-corrected chi connectivity index (χ0v) is 19.7. The van der Waals surface area contributed by atoms with Crippen molar-refractivity contribution >= 4 is 39.1 Å². The van der Waals surface area contributed by atoms with Crippen LogP contribution in [0.1, 0.15) is 50.4 Å². The predicted octanol–water partition coefficient (Wildman–Crippen LogP) is 5.31. The van der Waals surface area contributed by atoms with E-state index < -0.39 is 5.91 Å². The van der Waals surface area contributed by atoms with Crippen molar-refractivity contribution in [3.8, 4) is 22.8 Å². The summed E-state index contributed by atoms with van der Waals surface area (Å²) in [4.78, 5) is 31.9. The molecule has 4 aromatic rings. The van der Waals surface area contributed by atoms with Crippen LogP contribution in [0.2, 0.25) is 0 Å². The second-order valence-corrected chi connectivity index (χ2v) is 9.83. The number of pyridine rings is 1. The fourth-order valence-electron chi connectivity index (χ4n) is 4.83. The molecule has 176 valence electrons. The first-order chi connectivity index (χ1) is 17.1. The number of carbonyl (C=O) groups is 2. The number of nitrogens with zero attached hydrogens (tertiary/aromatic N) is 1. The number of carbonyl (C=O) groups excluding carboxylic acids is 2. The molecule has 0 saturated heterocycles. The van der Waals surface area contributed by atoms with Crippen LogP contribution in [0.4, 0.5) is 5.00 Å². The molecule has 0 fully saturated rings. The van der Waals surface area contributed by atoms with E-state index in [0.717, 1.165) is 53.5 Å². The Balaban J connectivity index is 1.42. The average molecular weight is 486 g/mol. The molecule has 0 saturated carbocycles. The number of hydrogen-bond acceptors (Lipinski definition) is 6. The summed E-state index contributed by atoms with van der Waals surface area (Å²) in [5, 5.41) is 4.26. The van der Waals surface area contributed by atoms with Gasteiger partial charge in [0.15, 0.2) is 11.5 Å². The molecule has 0 radical (unpaired) electrons. The van der Waals surface area contributed by atoms with E-state index in [1.54, 1.807) is 6.07 Å². The van der Waals surface area contributed by atoms with Gasteiger partial charge in [0.2, 0.25) is 6.79 Å². The van der Waals surface area contributed by atoms with Crippen LogP contribution in [-0.4, -0.2) is 23.6 Å². The molecular formula is C27H23N3O4S. The molecule has 6 rings (SSSR count). The maximum absolute atomic E-state index is 13.6. The van der Waals surface area contributed by atoms with E-state index in [2.05, 4.69) is 5.32 Å². The summed E-state index contributed by atoms with van der Waals surface area (Å²) < 4.78 is 10.9. The van der Waals surface area contributed by atoms with Crippen LogP contribution in [0, 0.1) is 0 Å². The molecule has 0 bridgehead atoms. The van der Waals surface area contributed by atoms with Gasteiger partial charge in [0.05, 0.1) is 22.3 Å². The van der Waals surface area contributed by atoms with Crippen molar-refractivity contribution in [1.29, 1.82) is 0 Å². The summed E-state index contributed by atoms with van der Waals surface area (Å²) in [5.41, 5.74) is 9.85. The van der Waals surface area contributed by atoms with E-state index in [0.29, 0.717) is 38.8 Å². The van der Waals surface area contributed by atoms with Gasteiger partial charge in [0, 0.05) is 15.8 Å². The third-order valence-corrected chi connectivity index (χ3v) is 7.73. The summed E-state index contributed by atoms with van der Waals surface area (Å²) in [6, 6.07) is 14.9. The lowest BCUT2D eigenvalue weighted by atomic mass is 10.0. The van der Waals surface area contributed by atoms with Crippen LogP contribution in [0.25, 0.3) is 22.2 Å². The maximum Gasteiger partial charge on any atom is 0.257 e. The van der Waals surface area contributed by atoms with Crippen LogP contribution in [-0.2, 0) is 12.8 Å². The average Bonchev–Trinajstić information content (AvgIpc) is 3.40. The number of thiophene rings is 1. The van der Waals surface area contributed by atoms with Gasteiger partial charge < -0.3 is 20.5 Å². The first-order valence-corrected chi connectivity index (χ1v) is 12.5. The predicted molar refractivity (Wildman–Crippen MR) is 135 cm³/mol. The minimum Gasteiger partial charge on any atom is -0.454 e. The second kappa shape index (κ2) is 8.70. The van der Waals surface area contributed by atoms with E-state index >= 15 is 0 Å². The fraction of sp³-hybridized carbons (Fsp3) is 0.222. The van der Waals surface area contributed by atoms with Gasteiger partial charge in [-0.1, -0.05) is 24.6 Å². The zero-order valence-electron chi connectivity index (χ0n) is 18.9. The van der Waals surface area contributed by atoms with Crippen molar-refractivity contribution in [2.75, 3.05) is 12.1 Å². The Hall–Kier alpha value is -3.91. The highest BCUT2D eigenvalue weighted by molar-refractivity contribution is 7.17. The Bertz CT molecular complexity index is 1490. The number of aromatic nitrogens is 1. The van der Waals surface area contributed by atoms with E-state index in [4.69, 9.17) is 20.2 Å². The SMILES string of the molecule is NC(=O)c1c(NC(=O)c2cc(-c3ccc4c(c3)OCO4)nc3ccccc23)sc2c1CCCCC2. The first-order valence-electron chi connectivity index (χ1n) is 11.6. The number of ether oxygens (including phenoxy) is 2. The molecule has 7 nitrogen and oxygen atoms in total. The van der Waals surface area contributed by atoms with Crippen molar-refractivity contribution in [1.82, 2.24) is 4.98 Å². The molecule has 0 atom stereocenters. The lowest BCUT2D eigenvalue weighted by molar-refractivity contribution is 0.100. The molecule has 2 aromatic heterocycles. The number of anilines is 1. The number of benzene rings is 2. The molecule has 1 aliphatic carbocycles. The molecule has 0 spiro atoms. The van der Waals surface area contributed by atoms with Gasteiger partial charge in [-0.15, -0.1) is 11.3 Å². The van der Waals surface area contributed by atoms with E-state index in [9.17, 15) is 9.59 Å². The van der Waals surface area contributed by atoms with Crippen molar-refractivity contribution in [2.24, 2.45) is 5.73 Å². The number of nitrogens with one attached hydrogen (secondary N) is 1. The smallest absolute Gasteiger partial charge is 0.257 e. The number of fused-ring (bicyclic) bond motifs is 3. The van der Waals surface area contributed by atoms with Crippen molar-refractivity contribution in [3.05, 3.63) is 70.1 Å². The number of para-hydroxylation sites is 1. The molecule has 2 aliphatic rings. The number of rotatable bonds is 4. The van der Waals surface area contributed by atoms with Gasteiger partial charge in [-0.25, -0.2) is 4.98 Å². The minimum atomic E-state index is -0.500. The molecule has 3 N–H and O–H groups in total. The molecule has 8 heteroatoms. The van der Waals surface area contributed by atoms with E-state index in [1.165, 1.54) is 11.3 Å². The van der Waals surface area contributed by atoms with E-state index in [-0.39, 0.29) is 12.7 Å². The van der Waals surface area contributed by atoms with Crippen molar-refractivity contribution in [3.63, 3.8) is 0 Å². The first kappa shape index (κ1) is 21.6. The van der Waals surface area contributed by atoms with Crippen molar-refractivity contribution in [2.45, 2.75) is 32.1 Å². The van der Waals surface area contributed by atoms with Gasteiger partial charge >= 0.3 is 0 Å². The molecule has 2 amide bonds. The number of nitrogens with two attached hydrogens (primary N) is 1. The highest BCUT2D eigenvalue weighted by Crippen LogP contribution is 2.39. The number of hydrogen-bond donors (Lipinski definition) is 2. The zero-order chi connectivity index (χ0) is 23.9. The van der Waals surface area contributed by atoms with Crippen LogP contribution in [0.5, 0.6) is 11.5 Å². The molecule has 2 aromatic carbocycles. The largest absolute Gasteiger partial charge is 0.454 e. The van der Waals surface area contributed by atoms with Crippen LogP contribution < -0.4 is 20.5 Å². The second-order valence-electron chi connectivity index (χ2n) is 8.73. The fourth-order valence-corrected chi connectivity index (χ4v) is 6.12. The van der Waals surface area contributed by atoms with E-state index in [1.807, 2.05) is 42.5 Å². The maximum atomic E-state index is 13.6. The van der Waals surface area contributed by atoms with Crippen LogP contribution >= 0.6 is 11.3 Å². The molecular weight excluding hydrogens is 462 g/mol.